The maximum atomic E-state index is 10.8. The fourth-order valence-electron chi connectivity index (χ4n) is 0.721. The molecule has 3 N–H and O–H groups in total. The molecule has 4 amide bonds. The number of rotatable bonds is 2. The van der Waals surface area contributed by atoms with Crippen LogP contribution in [0, 0.1) is 0 Å². The summed E-state index contributed by atoms with van der Waals surface area (Å²) in [6, 6.07) is -0.728. The van der Waals surface area contributed by atoms with Crippen molar-refractivity contribution in [2.75, 3.05) is 0 Å². The third kappa shape index (κ3) is 1.82. The Labute approximate surface area is 67.8 Å². The summed E-state index contributed by atoms with van der Waals surface area (Å²) in [5.41, 5.74) is 4.93. The molecular formula is C6H6N3O3. The van der Waals surface area contributed by atoms with E-state index in [0.717, 1.165) is 6.20 Å². The van der Waals surface area contributed by atoms with Crippen LogP contribution in [0.5, 0.6) is 0 Å². The highest BCUT2D eigenvalue weighted by atomic mass is 16.2. The average Bonchev–Trinajstić information content (AvgIpc) is 1.94. The van der Waals surface area contributed by atoms with Gasteiger partial charge in [-0.1, -0.05) is 0 Å². The van der Waals surface area contributed by atoms with Gasteiger partial charge in [-0.15, -0.1) is 0 Å². The van der Waals surface area contributed by atoms with E-state index >= 15 is 0 Å². The lowest BCUT2D eigenvalue weighted by molar-refractivity contribution is -0.121. The molecular weight excluding hydrogens is 162 g/mol. The first-order valence-corrected chi connectivity index (χ1v) is 3.13. The zero-order valence-corrected chi connectivity index (χ0v) is 6.03. The summed E-state index contributed by atoms with van der Waals surface area (Å²) in [7, 11) is 0. The molecule has 0 fully saturated rings. The van der Waals surface area contributed by atoms with Crippen molar-refractivity contribution < 1.29 is 14.4 Å². The number of nitrogens with one attached hydrogen (secondary N) is 1. The predicted octanol–water partition coefficient (Wildman–Crippen LogP) is -1.40. The minimum atomic E-state index is -0.728. The maximum absolute atomic E-state index is 10.8. The monoisotopic (exact) mass is 168 g/mol. The van der Waals surface area contributed by atoms with Crippen molar-refractivity contribution >= 4 is 17.8 Å². The topological polar surface area (TPSA) is 103 Å². The molecule has 1 rings (SSSR count). The van der Waals surface area contributed by atoms with E-state index < -0.39 is 17.8 Å². The Morgan fingerprint density at radius 1 is 1.58 bits per heavy atom. The molecule has 0 aromatic rings. The second kappa shape index (κ2) is 3.04. The number of carbonyl (C=O) groups is 3. The molecule has 63 valence electrons. The molecule has 0 aromatic carbocycles. The number of imide groups is 1. The van der Waals surface area contributed by atoms with Crippen molar-refractivity contribution in [1.82, 2.24) is 10.6 Å². The highest BCUT2D eigenvalue weighted by molar-refractivity contribution is 6.08. The Morgan fingerprint density at radius 3 is 2.75 bits per heavy atom. The quantitative estimate of drug-likeness (QED) is 0.529. The molecule has 0 saturated carbocycles. The number of nitrogens with zero attached hydrogens (tertiary/aromatic N) is 1. The highest BCUT2D eigenvalue weighted by Gasteiger charge is 2.21. The minimum absolute atomic E-state index is 0.0992. The first-order chi connectivity index (χ1) is 5.59. The van der Waals surface area contributed by atoms with Gasteiger partial charge in [-0.3, -0.25) is 9.59 Å². The van der Waals surface area contributed by atoms with E-state index in [4.69, 9.17) is 5.73 Å². The van der Waals surface area contributed by atoms with E-state index in [1.165, 1.54) is 0 Å². The number of primary amides is 1. The van der Waals surface area contributed by atoms with Crippen LogP contribution < -0.4 is 16.4 Å². The van der Waals surface area contributed by atoms with Crippen LogP contribution >= 0.6 is 0 Å². The van der Waals surface area contributed by atoms with E-state index in [-0.39, 0.29) is 12.0 Å². The lowest BCUT2D eigenvalue weighted by Crippen LogP contribution is -2.38. The number of urea groups is 1. The first kappa shape index (κ1) is 8.25. The number of hydrogen-bond donors (Lipinski definition) is 2. The third-order valence-corrected chi connectivity index (χ3v) is 1.21. The summed E-state index contributed by atoms with van der Waals surface area (Å²) in [6.45, 7) is 0. The van der Waals surface area contributed by atoms with Gasteiger partial charge in [-0.05, 0) is 0 Å². The Morgan fingerprint density at radius 2 is 2.25 bits per heavy atom. The fraction of sp³-hybridized carbons (Fsp3) is 0.167. The van der Waals surface area contributed by atoms with Crippen LogP contribution in [0.2, 0.25) is 0 Å². The molecule has 0 spiro atoms. The molecule has 6 nitrogen and oxygen atoms in total. The number of nitrogens with two attached hydrogens (primary N) is 1. The summed E-state index contributed by atoms with van der Waals surface area (Å²) in [5.74, 6) is -1.35. The summed E-state index contributed by atoms with van der Waals surface area (Å²) >= 11 is 0. The van der Waals surface area contributed by atoms with Crippen molar-refractivity contribution in [3.8, 4) is 0 Å². The molecule has 6 heteroatoms. The zero-order chi connectivity index (χ0) is 9.14. The van der Waals surface area contributed by atoms with Crippen LogP contribution in [0.3, 0.4) is 0 Å². The molecule has 0 saturated heterocycles. The average molecular weight is 168 g/mol. The summed E-state index contributed by atoms with van der Waals surface area (Å²) in [5, 5.41) is 5.22. The van der Waals surface area contributed by atoms with E-state index in [9.17, 15) is 14.4 Å². The standard InChI is InChI=1S/C6H6N3O3/c7-4(10)1-3-2-8-6(12)9-5(3)11/h2H,1H2,(H2,7,10)(H,8,12). The molecule has 0 atom stereocenters. The maximum Gasteiger partial charge on any atom is 0.348 e. The molecule has 0 unspecified atom stereocenters. The van der Waals surface area contributed by atoms with Crippen molar-refractivity contribution in [1.29, 1.82) is 0 Å². The van der Waals surface area contributed by atoms with E-state index in [1.54, 1.807) is 0 Å². The molecule has 1 aliphatic rings. The fourth-order valence-corrected chi connectivity index (χ4v) is 0.721. The van der Waals surface area contributed by atoms with E-state index in [0.29, 0.717) is 0 Å². The van der Waals surface area contributed by atoms with Crippen LogP contribution in [0.25, 0.3) is 0 Å². The van der Waals surface area contributed by atoms with Crippen molar-refractivity contribution in [3.05, 3.63) is 11.8 Å². The SMILES string of the molecule is NC(=O)CC1=CNC(=O)[N]C1=O. The van der Waals surface area contributed by atoms with E-state index in [1.807, 2.05) is 0 Å². The Kier molecular flexibility index (Phi) is 2.09. The molecule has 1 aliphatic heterocycles. The van der Waals surface area contributed by atoms with Crippen LogP contribution in [0.4, 0.5) is 4.79 Å². The van der Waals surface area contributed by atoms with Gasteiger partial charge in [0, 0.05) is 11.8 Å². The Bertz CT molecular complexity index is 282. The first-order valence-electron chi connectivity index (χ1n) is 3.13. The highest BCUT2D eigenvalue weighted by Crippen LogP contribution is 2.03. The zero-order valence-electron chi connectivity index (χ0n) is 6.03. The van der Waals surface area contributed by atoms with Gasteiger partial charge in [0.2, 0.25) is 5.91 Å². The molecule has 0 aliphatic carbocycles. The Hall–Kier alpha value is -1.85. The minimum Gasteiger partial charge on any atom is -0.369 e. The Balaban J connectivity index is 2.71. The van der Waals surface area contributed by atoms with Gasteiger partial charge in [0.05, 0.1) is 6.42 Å². The number of carbonyl (C=O) groups excluding carboxylic acids is 3. The van der Waals surface area contributed by atoms with Gasteiger partial charge in [0.1, 0.15) is 0 Å². The predicted molar refractivity (Wildman–Crippen MR) is 37.6 cm³/mol. The molecule has 1 radical (unpaired) electrons. The van der Waals surface area contributed by atoms with Gasteiger partial charge < -0.3 is 11.1 Å². The van der Waals surface area contributed by atoms with Crippen molar-refractivity contribution in [3.63, 3.8) is 0 Å². The largest absolute Gasteiger partial charge is 0.369 e. The van der Waals surface area contributed by atoms with Gasteiger partial charge in [-0.2, -0.15) is 5.32 Å². The van der Waals surface area contributed by atoms with Crippen molar-refractivity contribution in [2.24, 2.45) is 5.73 Å². The van der Waals surface area contributed by atoms with Gasteiger partial charge in [0.25, 0.3) is 5.91 Å². The summed E-state index contributed by atoms with van der Waals surface area (Å²) in [4.78, 5) is 31.7. The smallest absolute Gasteiger partial charge is 0.348 e. The van der Waals surface area contributed by atoms with Gasteiger partial charge in [0.15, 0.2) is 0 Å². The molecule has 1 heterocycles. The lowest BCUT2D eigenvalue weighted by atomic mass is 10.1. The van der Waals surface area contributed by atoms with Gasteiger partial charge in [-0.25, -0.2) is 4.79 Å². The van der Waals surface area contributed by atoms with E-state index in [2.05, 4.69) is 10.6 Å². The normalized spacial score (nSPS) is 16.2. The van der Waals surface area contributed by atoms with Crippen LogP contribution in [-0.2, 0) is 9.59 Å². The second-order valence-corrected chi connectivity index (χ2v) is 2.18. The summed E-state index contributed by atoms with van der Waals surface area (Å²) in [6.07, 6.45) is 0.936. The molecule has 12 heavy (non-hydrogen) atoms. The third-order valence-electron chi connectivity index (χ3n) is 1.21. The van der Waals surface area contributed by atoms with Gasteiger partial charge >= 0.3 is 6.03 Å². The van der Waals surface area contributed by atoms with Crippen LogP contribution in [0.15, 0.2) is 11.8 Å². The van der Waals surface area contributed by atoms with Crippen molar-refractivity contribution in [2.45, 2.75) is 6.42 Å². The van der Waals surface area contributed by atoms with Crippen LogP contribution in [0.1, 0.15) is 6.42 Å². The molecule has 0 aromatic heterocycles. The molecule has 0 bridgehead atoms. The number of amides is 4. The number of hydrogen-bond acceptors (Lipinski definition) is 3. The van der Waals surface area contributed by atoms with Crippen LogP contribution in [-0.4, -0.2) is 17.8 Å². The summed E-state index contributed by atoms with van der Waals surface area (Å²) < 4.78 is 0. The lowest BCUT2D eigenvalue weighted by Gasteiger charge is -2.09. The second-order valence-electron chi connectivity index (χ2n) is 2.18.